The Morgan fingerprint density at radius 1 is 1.24 bits per heavy atom. The molecule has 0 aliphatic heterocycles. The fourth-order valence-electron chi connectivity index (χ4n) is 3.21. The van der Waals surface area contributed by atoms with Gasteiger partial charge in [-0.1, -0.05) is 12.1 Å². The van der Waals surface area contributed by atoms with Crippen LogP contribution in [0.3, 0.4) is 0 Å². The monoisotopic (exact) mass is 284 g/mol. The Morgan fingerprint density at radius 3 is 3.05 bits per heavy atom. The Labute approximate surface area is 126 Å². The number of nitrogens with one attached hydrogen (secondary N) is 1. The minimum Gasteiger partial charge on any atom is -0.472 e. The van der Waals surface area contributed by atoms with Crippen molar-refractivity contribution in [2.24, 2.45) is 0 Å². The molecule has 3 heteroatoms. The molecule has 1 aliphatic carbocycles. The van der Waals surface area contributed by atoms with E-state index in [0.717, 1.165) is 31.5 Å². The molecule has 21 heavy (non-hydrogen) atoms. The number of benzene rings is 1. The van der Waals surface area contributed by atoms with Crippen molar-refractivity contribution in [3.63, 3.8) is 0 Å². The molecule has 0 radical (unpaired) electrons. The second-order valence-corrected chi connectivity index (χ2v) is 5.97. The van der Waals surface area contributed by atoms with Gasteiger partial charge in [0, 0.05) is 11.7 Å². The van der Waals surface area contributed by atoms with Crippen LogP contribution in [0.25, 0.3) is 0 Å². The summed E-state index contributed by atoms with van der Waals surface area (Å²) in [4.78, 5) is 0. The number of hydrogen-bond donors (Lipinski definition) is 2. The molecule has 3 N–H and O–H groups in total. The summed E-state index contributed by atoms with van der Waals surface area (Å²) >= 11 is 0. The third-order valence-electron chi connectivity index (χ3n) is 4.42. The molecule has 1 atom stereocenters. The number of unbranched alkanes of at least 4 members (excludes halogenated alkanes) is 1. The lowest BCUT2D eigenvalue weighted by Gasteiger charge is -2.26. The first kappa shape index (κ1) is 14.2. The van der Waals surface area contributed by atoms with Crippen molar-refractivity contribution in [1.29, 1.82) is 0 Å². The molecular formula is C18H24N2O. The van der Waals surface area contributed by atoms with E-state index in [0.29, 0.717) is 6.04 Å². The molecule has 3 rings (SSSR count). The average molecular weight is 284 g/mol. The van der Waals surface area contributed by atoms with E-state index >= 15 is 0 Å². The molecular weight excluding hydrogens is 260 g/mol. The van der Waals surface area contributed by atoms with Gasteiger partial charge in [-0.3, -0.25) is 0 Å². The number of nitrogens with two attached hydrogens (primary N) is 1. The van der Waals surface area contributed by atoms with Gasteiger partial charge in [-0.15, -0.1) is 0 Å². The van der Waals surface area contributed by atoms with Crippen LogP contribution in [0.15, 0.2) is 41.2 Å². The number of hydrogen-bond acceptors (Lipinski definition) is 3. The minimum atomic E-state index is 0.605. The highest BCUT2D eigenvalue weighted by Gasteiger charge is 2.19. The molecule has 1 aromatic heterocycles. The Hall–Kier alpha value is -1.74. The summed E-state index contributed by atoms with van der Waals surface area (Å²) in [6.45, 7) is 1.10. The molecule has 0 spiro atoms. The van der Waals surface area contributed by atoms with E-state index in [4.69, 9.17) is 10.2 Å². The lowest BCUT2D eigenvalue weighted by atomic mass is 9.87. The van der Waals surface area contributed by atoms with E-state index in [1.165, 1.54) is 36.0 Å². The highest BCUT2D eigenvalue weighted by atomic mass is 16.3. The second kappa shape index (κ2) is 6.81. The maximum atomic E-state index is 6.04. The molecule has 112 valence electrons. The Balaban J connectivity index is 1.39. The lowest BCUT2D eigenvalue weighted by molar-refractivity contribution is 0.451. The van der Waals surface area contributed by atoms with Crippen LogP contribution in [0.1, 0.15) is 36.0 Å². The van der Waals surface area contributed by atoms with Crippen LogP contribution in [0.2, 0.25) is 0 Å². The van der Waals surface area contributed by atoms with Crippen LogP contribution in [-0.4, -0.2) is 12.6 Å². The van der Waals surface area contributed by atoms with Crippen LogP contribution >= 0.6 is 0 Å². The summed E-state index contributed by atoms with van der Waals surface area (Å²) in [5.74, 6) is 0. The fourth-order valence-corrected chi connectivity index (χ4v) is 3.21. The van der Waals surface area contributed by atoms with E-state index in [2.05, 4.69) is 23.5 Å². The Bertz CT molecular complexity index is 563. The first-order valence-electron chi connectivity index (χ1n) is 7.93. The van der Waals surface area contributed by atoms with E-state index in [-0.39, 0.29) is 0 Å². The van der Waals surface area contributed by atoms with Gasteiger partial charge in [-0.2, -0.15) is 0 Å². The molecule has 1 aromatic carbocycles. The third kappa shape index (κ3) is 3.67. The molecule has 1 heterocycles. The van der Waals surface area contributed by atoms with Gasteiger partial charge in [-0.05, 0) is 73.9 Å². The summed E-state index contributed by atoms with van der Waals surface area (Å²) < 4.78 is 5.08. The molecule has 0 saturated heterocycles. The van der Waals surface area contributed by atoms with E-state index in [1.807, 2.05) is 12.3 Å². The van der Waals surface area contributed by atoms with Gasteiger partial charge >= 0.3 is 0 Å². The summed E-state index contributed by atoms with van der Waals surface area (Å²) in [6, 6.07) is 8.96. The van der Waals surface area contributed by atoms with Gasteiger partial charge in [0.2, 0.25) is 0 Å². The van der Waals surface area contributed by atoms with Gasteiger partial charge in [-0.25, -0.2) is 0 Å². The quantitative estimate of drug-likeness (QED) is 0.632. The number of anilines is 1. The van der Waals surface area contributed by atoms with Crippen molar-refractivity contribution in [3.8, 4) is 0 Å². The molecule has 0 fully saturated rings. The maximum Gasteiger partial charge on any atom is 0.0934 e. The zero-order valence-electron chi connectivity index (χ0n) is 12.5. The van der Waals surface area contributed by atoms with Crippen LogP contribution < -0.4 is 11.1 Å². The molecule has 2 aromatic rings. The number of furan rings is 1. The van der Waals surface area contributed by atoms with Crippen molar-refractivity contribution >= 4 is 5.69 Å². The SMILES string of the molecule is Nc1cccc2c1CCC(NCCCCc1ccoc1)C2. The van der Waals surface area contributed by atoms with E-state index in [9.17, 15) is 0 Å². The fraction of sp³-hybridized carbons (Fsp3) is 0.444. The Kier molecular flexibility index (Phi) is 4.61. The molecule has 0 saturated carbocycles. The first-order valence-corrected chi connectivity index (χ1v) is 7.93. The highest BCUT2D eigenvalue weighted by Crippen LogP contribution is 2.26. The van der Waals surface area contributed by atoms with Gasteiger partial charge in [0.25, 0.3) is 0 Å². The largest absolute Gasteiger partial charge is 0.472 e. The smallest absolute Gasteiger partial charge is 0.0934 e. The number of nitrogen functional groups attached to an aromatic ring is 1. The first-order chi connectivity index (χ1) is 10.3. The molecule has 1 unspecified atom stereocenters. The van der Waals surface area contributed by atoms with Crippen molar-refractivity contribution in [1.82, 2.24) is 5.32 Å². The van der Waals surface area contributed by atoms with Crippen molar-refractivity contribution < 1.29 is 4.42 Å². The standard InChI is InChI=1S/C18H24N2O/c19-18-6-3-5-15-12-16(7-8-17(15)18)20-10-2-1-4-14-9-11-21-13-14/h3,5-6,9,11,13,16,20H,1-2,4,7-8,10,12,19H2. The van der Waals surface area contributed by atoms with Gasteiger partial charge in [0.1, 0.15) is 0 Å². The number of aryl methyl sites for hydroxylation is 1. The van der Waals surface area contributed by atoms with Crippen LogP contribution in [0.4, 0.5) is 5.69 Å². The summed E-state index contributed by atoms with van der Waals surface area (Å²) in [7, 11) is 0. The topological polar surface area (TPSA) is 51.2 Å². The van der Waals surface area contributed by atoms with Gasteiger partial charge in [0.05, 0.1) is 12.5 Å². The van der Waals surface area contributed by atoms with Gasteiger partial charge < -0.3 is 15.5 Å². The van der Waals surface area contributed by atoms with Crippen LogP contribution in [-0.2, 0) is 19.3 Å². The second-order valence-electron chi connectivity index (χ2n) is 5.97. The average Bonchev–Trinajstić information content (AvgIpc) is 3.00. The Morgan fingerprint density at radius 2 is 2.19 bits per heavy atom. The molecule has 1 aliphatic rings. The summed E-state index contributed by atoms with van der Waals surface area (Å²) in [5, 5.41) is 3.70. The van der Waals surface area contributed by atoms with Crippen LogP contribution in [0.5, 0.6) is 0 Å². The lowest BCUT2D eigenvalue weighted by Crippen LogP contribution is -2.35. The minimum absolute atomic E-state index is 0.605. The zero-order chi connectivity index (χ0) is 14.5. The molecule has 3 nitrogen and oxygen atoms in total. The van der Waals surface area contributed by atoms with Crippen molar-refractivity contribution in [2.45, 2.75) is 44.6 Å². The highest BCUT2D eigenvalue weighted by molar-refractivity contribution is 5.52. The summed E-state index contributed by atoms with van der Waals surface area (Å²) in [5.41, 5.74) is 11.1. The predicted molar refractivity (Wildman–Crippen MR) is 86.3 cm³/mol. The summed E-state index contributed by atoms with van der Waals surface area (Å²) in [6.07, 6.45) is 10.5. The van der Waals surface area contributed by atoms with Crippen molar-refractivity contribution in [2.75, 3.05) is 12.3 Å². The molecule has 0 amide bonds. The number of rotatable bonds is 6. The third-order valence-corrected chi connectivity index (χ3v) is 4.42. The zero-order valence-corrected chi connectivity index (χ0v) is 12.5. The molecule has 0 bridgehead atoms. The van der Waals surface area contributed by atoms with Crippen molar-refractivity contribution in [3.05, 3.63) is 53.5 Å². The van der Waals surface area contributed by atoms with Gasteiger partial charge in [0.15, 0.2) is 0 Å². The normalized spacial score (nSPS) is 17.6. The predicted octanol–water partition coefficient (Wildman–Crippen LogP) is 3.33. The maximum absolute atomic E-state index is 6.04. The van der Waals surface area contributed by atoms with E-state index in [1.54, 1.807) is 6.26 Å². The number of fused-ring (bicyclic) bond motifs is 1. The van der Waals surface area contributed by atoms with E-state index < -0.39 is 0 Å². The van der Waals surface area contributed by atoms with Crippen LogP contribution in [0, 0.1) is 0 Å².